The zero-order valence-electron chi connectivity index (χ0n) is 11.9. The maximum atomic E-state index is 13.4. The molecule has 0 spiro atoms. The summed E-state index contributed by atoms with van der Waals surface area (Å²) >= 11 is 0. The third kappa shape index (κ3) is 4.05. The van der Waals surface area contributed by atoms with Gasteiger partial charge in [-0.3, -0.25) is 20.4 Å². The van der Waals surface area contributed by atoms with Crippen molar-refractivity contribution < 1.29 is 18.7 Å². The van der Waals surface area contributed by atoms with E-state index >= 15 is 0 Å². The summed E-state index contributed by atoms with van der Waals surface area (Å²) in [6.07, 6.45) is -0.816. The van der Waals surface area contributed by atoms with Gasteiger partial charge in [-0.25, -0.2) is 4.39 Å². The second-order valence-electron chi connectivity index (χ2n) is 4.50. The molecule has 0 heterocycles. The molecule has 0 aliphatic carbocycles. The van der Waals surface area contributed by atoms with Crippen LogP contribution in [-0.2, 0) is 4.79 Å². The summed E-state index contributed by atoms with van der Waals surface area (Å²) in [5.74, 6) is -1.42. The van der Waals surface area contributed by atoms with Crippen molar-refractivity contribution >= 4 is 11.8 Å². The molecule has 2 aromatic carbocycles. The van der Waals surface area contributed by atoms with Gasteiger partial charge in [-0.05, 0) is 31.2 Å². The second kappa shape index (κ2) is 7.21. The number of hydrogen-bond donors (Lipinski definition) is 2. The highest BCUT2D eigenvalue weighted by Crippen LogP contribution is 2.10. The molecular formula is C16H15FN2O3. The lowest BCUT2D eigenvalue weighted by atomic mass is 10.2. The van der Waals surface area contributed by atoms with Crippen molar-refractivity contribution in [1.29, 1.82) is 0 Å². The minimum Gasteiger partial charge on any atom is -0.481 e. The molecule has 2 amide bonds. The number of hydrogen-bond acceptors (Lipinski definition) is 3. The molecule has 0 fully saturated rings. The quantitative estimate of drug-likeness (QED) is 0.850. The van der Waals surface area contributed by atoms with Crippen LogP contribution in [-0.4, -0.2) is 17.9 Å². The van der Waals surface area contributed by atoms with Gasteiger partial charge in [0.2, 0.25) is 0 Å². The van der Waals surface area contributed by atoms with Gasteiger partial charge in [-0.2, -0.15) is 0 Å². The van der Waals surface area contributed by atoms with Crippen molar-refractivity contribution in [2.45, 2.75) is 13.0 Å². The standard InChI is InChI=1S/C16H15FN2O3/c1-11(22-12-7-3-2-4-8-12)15(20)18-19-16(21)13-9-5-6-10-14(13)17/h2-11H,1H3,(H,18,20)(H,19,21). The molecule has 1 atom stereocenters. The molecular weight excluding hydrogens is 287 g/mol. The lowest BCUT2D eigenvalue weighted by Gasteiger charge is -2.15. The van der Waals surface area contributed by atoms with Crippen LogP contribution in [0.15, 0.2) is 54.6 Å². The Balaban J connectivity index is 1.87. The molecule has 5 nitrogen and oxygen atoms in total. The summed E-state index contributed by atoms with van der Waals surface area (Å²) in [4.78, 5) is 23.6. The molecule has 2 N–H and O–H groups in total. The number of rotatable bonds is 4. The molecule has 1 unspecified atom stereocenters. The fraction of sp³-hybridized carbons (Fsp3) is 0.125. The Morgan fingerprint density at radius 3 is 2.32 bits per heavy atom. The van der Waals surface area contributed by atoms with Crippen LogP contribution in [0.25, 0.3) is 0 Å². The van der Waals surface area contributed by atoms with Gasteiger partial charge >= 0.3 is 0 Å². The molecule has 0 bridgehead atoms. The van der Waals surface area contributed by atoms with E-state index in [4.69, 9.17) is 4.74 Å². The van der Waals surface area contributed by atoms with Crippen molar-refractivity contribution in [2.75, 3.05) is 0 Å². The maximum Gasteiger partial charge on any atom is 0.279 e. The highest BCUT2D eigenvalue weighted by molar-refractivity contribution is 5.95. The Kier molecular flexibility index (Phi) is 5.08. The Bertz CT molecular complexity index is 661. The topological polar surface area (TPSA) is 67.4 Å². The van der Waals surface area contributed by atoms with Gasteiger partial charge < -0.3 is 4.74 Å². The number of nitrogens with one attached hydrogen (secondary N) is 2. The first-order chi connectivity index (χ1) is 10.6. The minimum absolute atomic E-state index is 0.153. The summed E-state index contributed by atoms with van der Waals surface area (Å²) in [6, 6.07) is 14.3. The normalized spacial score (nSPS) is 11.4. The number of carbonyl (C=O) groups excluding carboxylic acids is 2. The van der Waals surface area contributed by atoms with Gasteiger partial charge in [0.05, 0.1) is 5.56 Å². The molecule has 0 aliphatic rings. The van der Waals surface area contributed by atoms with Crippen molar-refractivity contribution in [1.82, 2.24) is 10.9 Å². The molecule has 0 aliphatic heterocycles. The van der Waals surface area contributed by atoms with Gasteiger partial charge in [-0.1, -0.05) is 30.3 Å². The number of halogens is 1. The van der Waals surface area contributed by atoms with Gasteiger partial charge in [0.15, 0.2) is 6.10 Å². The molecule has 6 heteroatoms. The van der Waals surface area contributed by atoms with Crippen molar-refractivity contribution in [3.05, 3.63) is 66.0 Å². The Morgan fingerprint density at radius 1 is 1.00 bits per heavy atom. The number of ether oxygens (including phenoxy) is 1. The van der Waals surface area contributed by atoms with Crippen LogP contribution in [0.2, 0.25) is 0 Å². The first-order valence-corrected chi connectivity index (χ1v) is 6.64. The molecule has 0 aromatic heterocycles. The fourth-order valence-electron chi connectivity index (χ4n) is 1.69. The summed E-state index contributed by atoms with van der Waals surface area (Å²) in [5, 5.41) is 0. The zero-order valence-corrected chi connectivity index (χ0v) is 11.9. The molecule has 114 valence electrons. The van der Waals surface area contributed by atoms with Crippen LogP contribution >= 0.6 is 0 Å². The molecule has 2 rings (SSSR count). The predicted octanol–water partition coefficient (Wildman–Crippen LogP) is 2.05. The second-order valence-corrected chi connectivity index (χ2v) is 4.50. The van der Waals surface area contributed by atoms with Crippen molar-refractivity contribution in [2.24, 2.45) is 0 Å². The van der Waals surface area contributed by atoms with E-state index in [1.807, 2.05) is 6.07 Å². The van der Waals surface area contributed by atoms with E-state index in [2.05, 4.69) is 10.9 Å². The third-order valence-corrected chi connectivity index (χ3v) is 2.84. The van der Waals surface area contributed by atoms with Crippen LogP contribution in [0.1, 0.15) is 17.3 Å². The molecule has 0 saturated heterocycles. The van der Waals surface area contributed by atoms with E-state index in [-0.39, 0.29) is 5.56 Å². The molecule has 2 aromatic rings. The van der Waals surface area contributed by atoms with E-state index in [0.717, 1.165) is 6.07 Å². The highest BCUT2D eigenvalue weighted by Gasteiger charge is 2.16. The number of carbonyl (C=O) groups is 2. The highest BCUT2D eigenvalue weighted by atomic mass is 19.1. The first-order valence-electron chi connectivity index (χ1n) is 6.64. The monoisotopic (exact) mass is 302 g/mol. The van der Waals surface area contributed by atoms with Crippen molar-refractivity contribution in [3.63, 3.8) is 0 Å². The smallest absolute Gasteiger partial charge is 0.279 e. The Labute approximate surface area is 127 Å². The van der Waals surface area contributed by atoms with Gasteiger partial charge in [0.25, 0.3) is 11.8 Å². The van der Waals surface area contributed by atoms with Crippen LogP contribution < -0.4 is 15.6 Å². The van der Waals surface area contributed by atoms with Gasteiger partial charge in [0.1, 0.15) is 11.6 Å². The average Bonchev–Trinajstić information content (AvgIpc) is 2.53. The summed E-state index contributed by atoms with van der Waals surface area (Å²) < 4.78 is 18.8. The van der Waals surface area contributed by atoms with E-state index < -0.39 is 23.7 Å². The summed E-state index contributed by atoms with van der Waals surface area (Å²) in [6.45, 7) is 1.54. The van der Waals surface area contributed by atoms with Gasteiger partial charge in [-0.15, -0.1) is 0 Å². The molecule has 0 radical (unpaired) electrons. The predicted molar refractivity (Wildman–Crippen MR) is 78.5 cm³/mol. The van der Waals surface area contributed by atoms with Crippen molar-refractivity contribution in [3.8, 4) is 5.75 Å². The SMILES string of the molecule is CC(Oc1ccccc1)C(=O)NNC(=O)c1ccccc1F. The van der Waals surface area contributed by atoms with Crippen LogP contribution in [0.3, 0.4) is 0 Å². The van der Waals surface area contributed by atoms with E-state index in [9.17, 15) is 14.0 Å². The number of benzene rings is 2. The van der Waals surface area contributed by atoms with Crippen LogP contribution in [0.5, 0.6) is 5.75 Å². The largest absolute Gasteiger partial charge is 0.481 e. The zero-order chi connectivity index (χ0) is 15.9. The first kappa shape index (κ1) is 15.5. The fourth-order valence-corrected chi connectivity index (χ4v) is 1.69. The van der Waals surface area contributed by atoms with Crippen LogP contribution in [0.4, 0.5) is 4.39 Å². The molecule has 0 saturated carbocycles. The lowest BCUT2D eigenvalue weighted by molar-refractivity contribution is -0.128. The Morgan fingerprint density at radius 2 is 1.64 bits per heavy atom. The van der Waals surface area contributed by atoms with Crippen LogP contribution in [0, 0.1) is 5.82 Å². The number of amides is 2. The van der Waals surface area contributed by atoms with E-state index in [0.29, 0.717) is 5.75 Å². The summed E-state index contributed by atoms with van der Waals surface area (Å²) in [7, 11) is 0. The Hall–Kier alpha value is -2.89. The van der Waals surface area contributed by atoms with E-state index in [1.165, 1.54) is 25.1 Å². The maximum absolute atomic E-state index is 13.4. The lowest BCUT2D eigenvalue weighted by Crippen LogP contribution is -2.47. The van der Waals surface area contributed by atoms with Gasteiger partial charge in [0, 0.05) is 0 Å². The molecule has 22 heavy (non-hydrogen) atoms. The average molecular weight is 302 g/mol. The number of hydrazine groups is 1. The van der Waals surface area contributed by atoms with E-state index in [1.54, 1.807) is 24.3 Å². The summed E-state index contributed by atoms with van der Waals surface area (Å²) in [5.41, 5.74) is 4.19. The minimum atomic E-state index is -0.816. The third-order valence-electron chi connectivity index (χ3n) is 2.84. The number of para-hydroxylation sites is 1.